The Hall–Kier alpha value is -1.88. The van der Waals surface area contributed by atoms with E-state index in [4.69, 9.17) is 0 Å². The fraction of sp³-hybridized carbons (Fsp3) is 0.556. The molecule has 23 heavy (non-hydrogen) atoms. The molecule has 0 radical (unpaired) electrons. The zero-order chi connectivity index (χ0) is 16.7. The van der Waals surface area contributed by atoms with Gasteiger partial charge in [0.05, 0.1) is 12.0 Å². The normalized spacial score (nSPS) is 19.2. The maximum atomic E-state index is 12.5. The van der Waals surface area contributed by atoms with Crippen molar-refractivity contribution in [1.82, 2.24) is 10.2 Å². The highest BCUT2D eigenvalue weighted by atomic mass is 16.3. The van der Waals surface area contributed by atoms with Crippen LogP contribution >= 0.6 is 0 Å². The molecule has 1 aromatic carbocycles. The standard InChI is InChI=1S/C18H26N2O3/c1-2-16(21)10-11-19-17(22)15-9-6-12-20(13-15)18(23)14-7-4-3-5-8-14/h3-5,7-8,15-16,21H,2,6,9-13H2,1H3,(H,19,22). The van der Waals surface area contributed by atoms with Gasteiger partial charge in [0, 0.05) is 25.2 Å². The van der Waals surface area contributed by atoms with Crippen molar-refractivity contribution in [3.63, 3.8) is 0 Å². The maximum absolute atomic E-state index is 12.5. The molecule has 2 unspecified atom stereocenters. The van der Waals surface area contributed by atoms with E-state index in [1.165, 1.54) is 0 Å². The summed E-state index contributed by atoms with van der Waals surface area (Å²) >= 11 is 0. The summed E-state index contributed by atoms with van der Waals surface area (Å²) in [6.45, 7) is 3.57. The third-order valence-electron chi connectivity index (χ3n) is 4.35. The lowest BCUT2D eigenvalue weighted by molar-refractivity contribution is -0.126. The molecule has 1 aliphatic heterocycles. The zero-order valence-electron chi connectivity index (χ0n) is 13.7. The number of aliphatic hydroxyl groups excluding tert-OH is 1. The van der Waals surface area contributed by atoms with Gasteiger partial charge in [-0.3, -0.25) is 9.59 Å². The third kappa shape index (κ3) is 5.06. The van der Waals surface area contributed by atoms with Crippen molar-refractivity contribution >= 4 is 11.8 Å². The quantitative estimate of drug-likeness (QED) is 0.840. The Kier molecular flexibility index (Phi) is 6.59. The Morgan fingerprint density at radius 3 is 2.78 bits per heavy atom. The van der Waals surface area contributed by atoms with Crippen molar-refractivity contribution < 1.29 is 14.7 Å². The van der Waals surface area contributed by atoms with Crippen molar-refractivity contribution in [2.45, 2.75) is 38.7 Å². The number of carbonyl (C=O) groups is 2. The first kappa shape index (κ1) is 17.5. The lowest BCUT2D eigenvalue weighted by Gasteiger charge is -2.32. The number of piperidine rings is 1. The second kappa shape index (κ2) is 8.67. The number of hydrogen-bond donors (Lipinski definition) is 2. The Bertz CT molecular complexity index is 518. The van der Waals surface area contributed by atoms with Crippen LogP contribution in [0.3, 0.4) is 0 Å². The van der Waals surface area contributed by atoms with E-state index in [2.05, 4.69) is 5.32 Å². The highest BCUT2D eigenvalue weighted by Gasteiger charge is 2.28. The van der Waals surface area contributed by atoms with Crippen LogP contribution in [0.5, 0.6) is 0 Å². The van der Waals surface area contributed by atoms with E-state index < -0.39 is 0 Å². The summed E-state index contributed by atoms with van der Waals surface area (Å²) < 4.78 is 0. The molecule has 2 rings (SSSR count). The monoisotopic (exact) mass is 318 g/mol. The number of carbonyl (C=O) groups excluding carboxylic acids is 2. The van der Waals surface area contributed by atoms with Crippen LogP contribution < -0.4 is 5.32 Å². The molecule has 1 aromatic rings. The van der Waals surface area contributed by atoms with Gasteiger partial charge in [0.15, 0.2) is 0 Å². The second-order valence-corrected chi connectivity index (χ2v) is 6.10. The predicted octanol–water partition coefficient (Wildman–Crippen LogP) is 1.82. The number of rotatable bonds is 6. The van der Waals surface area contributed by atoms with Crippen LogP contribution in [-0.4, -0.2) is 47.6 Å². The number of likely N-dealkylation sites (tertiary alicyclic amines) is 1. The largest absolute Gasteiger partial charge is 0.393 e. The predicted molar refractivity (Wildman–Crippen MR) is 89.0 cm³/mol. The summed E-state index contributed by atoms with van der Waals surface area (Å²) in [5, 5.41) is 12.4. The number of nitrogens with zero attached hydrogens (tertiary/aromatic N) is 1. The number of nitrogens with one attached hydrogen (secondary N) is 1. The SMILES string of the molecule is CCC(O)CCNC(=O)C1CCCN(C(=O)c2ccccc2)C1. The highest BCUT2D eigenvalue weighted by molar-refractivity contribution is 5.94. The molecule has 0 spiro atoms. The molecular formula is C18H26N2O3. The van der Waals surface area contributed by atoms with Crippen molar-refractivity contribution in [3.8, 4) is 0 Å². The van der Waals surface area contributed by atoms with Gasteiger partial charge in [-0.05, 0) is 37.8 Å². The van der Waals surface area contributed by atoms with Gasteiger partial charge in [0.25, 0.3) is 5.91 Å². The molecule has 5 heteroatoms. The van der Waals surface area contributed by atoms with E-state index >= 15 is 0 Å². The fourth-order valence-electron chi connectivity index (χ4n) is 2.85. The Morgan fingerprint density at radius 1 is 1.35 bits per heavy atom. The molecule has 1 fully saturated rings. The highest BCUT2D eigenvalue weighted by Crippen LogP contribution is 2.19. The molecule has 0 aliphatic carbocycles. The number of hydrogen-bond acceptors (Lipinski definition) is 3. The molecule has 2 atom stereocenters. The summed E-state index contributed by atoms with van der Waals surface area (Å²) in [6.07, 6.45) is 2.55. The minimum Gasteiger partial charge on any atom is -0.393 e. The van der Waals surface area contributed by atoms with Crippen LogP contribution in [0.4, 0.5) is 0 Å². The Balaban J connectivity index is 1.85. The molecule has 1 aliphatic rings. The van der Waals surface area contributed by atoms with Crippen molar-refractivity contribution in [2.75, 3.05) is 19.6 Å². The van der Waals surface area contributed by atoms with Gasteiger partial charge in [-0.25, -0.2) is 0 Å². The van der Waals surface area contributed by atoms with E-state index in [0.29, 0.717) is 38.0 Å². The molecule has 0 bridgehead atoms. The average molecular weight is 318 g/mol. The van der Waals surface area contributed by atoms with Gasteiger partial charge < -0.3 is 15.3 Å². The molecule has 126 valence electrons. The van der Waals surface area contributed by atoms with Crippen LogP contribution in [-0.2, 0) is 4.79 Å². The Labute approximate surface area is 137 Å². The first-order chi connectivity index (χ1) is 11.1. The zero-order valence-corrected chi connectivity index (χ0v) is 13.7. The van der Waals surface area contributed by atoms with Crippen LogP contribution in [0.2, 0.25) is 0 Å². The van der Waals surface area contributed by atoms with Gasteiger partial charge in [-0.2, -0.15) is 0 Å². The van der Waals surface area contributed by atoms with Gasteiger partial charge in [-0.15, -0.1) is 0 Å². The molecule has 0 aromatic heterocycles. The summed E-state index contributed by atoms with van der Waals surface area (Å²) in [7, 11) is 0. The molecule has 0 saturated carbocycles. The minimum atomic E-state index is -0.363. The molecular weight excluding hydrogens is 292 g/mol. The fourth-order valence-corrected chi connectivity index (χ4v) is 2.85. The first-order valence-corrected chi connectivity index (χ1v) is 8.42. The average Bonchev–Trinajstić information content (AvgIpc) is 2.61. The third-order valence-corrected chi connectivity index (χ3v) is 4.35. The van der Waals surface area contributed by atoms with Crippen LogP contribution in [0.15, 0.2) is 30.3 Å². The number of aliphatic hydroxyl groups is 1. The van der Waals surface area contributed by atoms with E-state index in [9.17, 15) is 14.7 Å². The van der Waals surface area contributed by atoms with Gasteiger partial charge in [-0.1, -0.05) is 25.1 Å². The van der Waals surface area contributed by atoms with Gasteiger partial charge in [0.1, 0.15) is 0 Å². The van der Waals surface area contributed by atoms with E-state index in [1.807, 2.05) is 25.1 Å². The van der Waals surface area contributed by atoms with Gasteiger partial charge >= 0.3 is 0 Å². The summed E-state index contributed by atoms with van der Waals surface area (Å²) in [5.74, 6) is -0.182. The number of benzene rings is 1. The van der Waals surface area contributed by atoms with E-state index in [-0.39, 0.29) is 23.8 Å². The van der Waals surface area contributed by atoms with E-state index in [0.717, 1.165) is 12.8 Å². The van der Waals surface area contributed by atoms with Crippen LogP contribution in [0, 0.1) is 5.92 Å². The molecule has 1 saturated heterocycles. The lowest BCUT2D eigenvalue weighted by atomic mass is 9.96. The van der Waals surface area contributed by atoms with Crippen LogP contribution in [0.1, 0.15) is 43.0 Å². The smallest absolute Gasteiger partial charge is 0.253 e. The lowest BCUT2D eigenvalue weighted by Crippen LogP contribution is -2.45. The number of amides is 2. The van der Waals surface area contributed by atoms with Crippen LogP contribution in [0.25, 0.3) is 0 Å². The maximum Gasteiger partial charge on any atom is 0.253 e. The summed E-state index contributed by atoms with van der Waals surface area (Å²) in [5.41, 5.74) is 0.666. The topological polar surface area (TPSA) is 69.6 Å². The summed E-state index contributed by atoms with van der Waals surface area (Å²) in [4.78, 5) is 26.5. The minimum absolute atomic E-state index is 0.00972. The molecule has 5 nitrogen and oxygen atoms in total. The van der Waals surface area contributed by atoms with Crippen molar-refractivity contribution in [2.24, 2.45) is 5.92 Å². The Morgan fingerprint density at radius 2 is 2.09 bits per heavy atom. The second-order valence-electron chi connectivity index (χ2n) is 6.10. The molecule has 2 N–H and O–H groups in total. The summed E-state index contributed by atoms with van der Waals surface area (Å²) in [6, 6.07) is 9.19. The van der Waals surface area contributed by atoms with Gasteiger partial charge in [0.2, 0.25) is 5.91 Å². The first-order valence-electron chi connectivity index (χ1n) is 8.42. The molecule has 2 amide bonds. The van der Waals surface area contributed by atoms with Crippen molar-refractivity contribution in [3.05, 3.63) is 35.9 Å². The molecule has 1 heterocycles. The van der Waals surface area contributed by atoms with Crippen molar-refractivity contribution in [1.29, 1.82) is 0 Å². The van der Waals surface area contributed by atoms with E-state index in [1.54, 1.807) is 17.0 Å².